The first-order chi connectivity index (χ1) is 8.02. The summed E-state index contributed by atoms with van der Waals surface area (Å²) in [4.78, 5) is 16.8. The molecule has 1 unspecified atom stereocenters. The van der Waals surface area contributed by atoms with Crippen LogP contribution in [-0.2, 0) is 0 Å². The largest absolute Gasteiger partial charge is 0.323 e. The van der Waals surface area contributed by atoms with Gasteiger partial charge in [0.15, 0.2) is 0 Å². The van der Waals surface area contributed by atoms with Crippen LogP contribution in [0.3, 0.4) is 0 Å². The summed E-state index contributed by atoms with van der Waals surface area (Å²) in [5, 5.41) is 3.30. The molecule has 0 aliphatic rings. The third kappa shape index (κ3) is 2.30. The first-order valence-corrected chi connectivity index (χ1v) is 6.41. The molecule has 2 aromatic rings. The van der Waals surface area contributed by atoms with Gasteiger partial charge in [0.25, 0.3) is 0 Å². The molecule has 3 N–H and O–H groups in total. The SMILES string of the molecule is CNC(c1cc2[nH]c(=O)[nH]c2cc1Br)C(C)C. The minimum Gasteiger partial charge on any atom is -0.313 e. The van der Waals surface area contributed by atoms with E-state index in [1.54, 1.807) is 0 Å². The van der Waals surface area contributed by atoms with Crippen molar-refractivity contribution < 1.29 is 0 Å². The van der Waals surface area contributed by atoms with Crippen LogP contribution in [0.5, 0.6) is 0 Å². The Hall–Kier alpha value is -1.07. The van der Waals surface area contributed by atoms with E-state index < -0.39 is 0 Å². The molecule has 4 nitrogen and oxygen atoms in total. The van der Waals surface area contributed by atoms with Crippen molar-refractivity contribution in [3.8, 4) is 0 Å². The molecule has 1 aromatic heterocycles. The third-order valence-electron chi connectivity index (χ3n) is 2.95. The van der Waals surface area contributed by atoms with Gasteiger partial charge in [0.1, 0.15) is 0 Å². The highest BCUT2D eigenvalue weighted by atomic mass is 79.9. The Morgan fingerprint density at radius 2 is 1.82 bits per heavy atom. The molecule has 0 spiro atoms. The zero-order valence-electron chi connectivity index (χ0n) is 10.1. The van der Waals surface area contributed by atoms with Crippen molar-refractivity contribution in [2.45, 2.75) is 19.9 Å². The second kappa shape index (κ2) is 4.66. The molecule has 0 aliphatic carbocycles. The fourth-order valence-corrected chi connectivity index (χ4v) is 2.75. The monoisotopic (exact) mass is 297 g/mol. The van der Waals surface area contributed by atoms with E-state index >= 15 is 0 Å². The number of rotatable bonds is 3. The number of aromatic nitrogens is 2. The molecule has 1 heterocycles. The minimum absolute atomic E-state index is 0.172. The van der Waals surface area contributed by atoms with Gasteiger partial charge in [0, 0.05) is 10.5 Å². The van der Waals surface area contributed by atoms with Crippen LogP contribution in [0.15, 0.2) is 21.4 Å². The van der Waals surface area contributed by atoms with Crippen LogP contribution in [0, 0.1) is 5.92 Å². The maximum atomic E-state index is 11.2. The maximum Gasteiger partial charge on any atom is 0.323 e. The lowest BCUT2D eigenvalue weighted by Crippen LogP contribution is -2.22. The summed E-state index contributed by atoms with van der Waals surface area (Å²) in [5.41, 5.74) is 2.65. The quantitative estimate of drug-likeness (QED) is 0.815. The topological polar surface area (TPSA) is 60.7 Å². The molecule has 0 aliphatic heterocycles. The standard InChI is InChI=1S/C12H16BrN3O/c1-6(2)11(14-3)7-4-9-10(5-8(7)13)16-12(17)15-9/h4-6,11,14H,1-3H3,(H2,15,16,17). The van der Waals surface area contributed by atoms with Crippen molar-refractivity contribution in [3.63, 3.8) is 0 Å². The van der Waals surface area contributed by atoms with E-state index in [2.05, 4.69) is 45.1 Å². The number of benzene rings is 1. The summed E-state index contributed by atoms with van der Waals surface area (Å²) in [6.45, 7) is 4.33. The Balaban J connectivity index is 2.60. The maximum absolute atomic E-state index is 11.2. The van der Waals surface area contributed by atoms with Crippen molar-refractivity contribution in [2.75, 3.05) is 7.05 Å². The molecule has 0 radical (unpaired) electrons. The van der Waals surface area contributed by atoms with Gasteiger partial charge in [-0.3, -0.25) is 0 Å². The Morgan fingerprint density at radius 1 is 1.24 bits per heavy atom. The van der Waals surface area contributed by atoms with Gasteiger partial charge in [0.2, 0.25) is 0 Å². The Bertz CT molecular complexity index is 585. The highest BCUT2D eigenvalue weighted by molar-refractivity contribution is 9.10. The molecule has 5 heteroatoms. The van der Waals surface area contributed by atoms with Gasteiger partial charge in [-0.2, -0.15) is 0 Å². The highest BCUT2D eigenvalue weighted by Gasteiger charge is 2.17. The number of aromatic amines is 2. The number of halogens is 1. The average Bonchev–Trinajstić information content (AvgIpc) is 2.58. The number of nitrogens with one attached hydrogen (secondary N) is 3. The number of imidazole rings is 1. The zero-order valence-corrected chi connectivity index (χ0v) is 11.7. The molecule has 92 valence electrons. The van der Waals surface area contributed by atoms with Gasteiger partial charge in [-0.1, -0.05) is 29.8 Å². The molecular weight excluding hydrogens is 282 g/mol. The van der Waals surface area contributed by atoms with Gasteiger partial charge >= 0.3 is 5.69 Å². The van der Waals surface area contributed by atoms with E-state index in [0.29, 0.717) is 5.92 Å². The van der Waals surface area contributed by atoms with E-state index in [1.165, 1.54) is 0 Å². The minimum atomic E-state index is -0.172. The Labute approximate surface area is 108 Å². The summed E-state index contributed by atoms with van der Waals surface area (Å²) < 4.78 is 1.01. The predicted octanol–water partition coefficient (Wildman–Crippen LogP) is 2.54. The van der Waals surface area contributed by atoms with E-state index in [1.807, 2.05) is 19.2 Å². The smallest absolute Gasteiger partial charge is 0.313 e. The van der Waals surface area contributed by atoms with Crippen LogP contribution in [0.25, 0.3) is 11.0 Å². The molecule has 0 saturated heterocycles. The summed E-state index contributed by atoms with van der Waals surface area (Å²) in [6, 6.07) is 4.21. The van der Waals surface area contributed by atoms with Crippen LogP contribution in [-0.4, -0.2) is 17.0 Å². The van der Waals surface area contributed by atoms with Gasteiger partial charge in [0.05, 0.1) is 11.0 Å². The third-order valence-corrected chi connectivity index (χ3v) is 3.63. The van der Waals surface area contributed by atoms with E-state index in [0.717, 1.165) is 21.1 Å². The normalized spacial score (nSPS) is 13.5. The number of hydrogen-bond donors (Lipinski definition) is 3. The van der Waals surface area contributed by atoms with Gasteiger partial charge < -0.3 is 15.3 Å². The summed E-state index contributed by atoms with van der Waals surface area (Å²) in [7, 11) is 1.95. The lowest BCUT2D eigenvalue weighted by molar-refractivity contribution is 0.442. The lowest BCUT2D eigenvalue weighted by atomic mass is 9.96. The van der Waals surface area contributed by atoms with Crippen molar-refractivity contribution in [3.05, 3.63) is 32.7 Å². The molecule has 1 aromatic carbocycles. The van der Waals surface area contributed by atoms with Crippen LogP contribution in [0.2, 0.25) is 0 Å². The second-order valence-electron chi connectivity index (χ2n) is 4.51. The van der Waals surface area contributed by atoms with Gasteiger partial charge in [-0.15, -0.1) is 0 Å². The van der Waals surface area contributed by atoms with Crippen molar-refractivity contribution in [2.24, 2.45) is 5.92 Å². The summed E-state index contributed by atoms with van der Waals surface area (Å²) in [6.07, 6.45) is 0. The van der Waals surface area contributed by atoms with E-state index in [4.69, 9.17) is 0 Å². The van der Waals surface area contributed by atoms with Crippen LogP contribution in [0.1, 0.15) is 25.5 Å². The molecule has 0 saturated carbocycles. The second-order valence-corrected chi connectivity index (χ2v) is 5.36. The van der Waals surface area contributed by atoms with E-state index in [-0.39, 0.29) is 11.7 Å². The highest BCUT2D eigenvalue weighted by Crippen LogP contribution is 2.30. The van der Waals surface area contributed by atoms with Crippen LogP contribution < -0.4 is 11.0 Å². The van der Waals surface area contributed by atoms with Crippen molar-refractivity contribution in [1.29, 1.82) is 0 Å². The molecule has 2 rings (SSSR count). The molecule has 1 atom stereocenters. The molecular formula is C12H16BrN3O. The number of hydrogen-bond acceptors (Lipinski definition) is 2. The number of H-pyrrole nitrogens is 2. The Kier molecular flexibility index (Phi) is 3.40. The fourth-order valence-electron chi connectivity index (χ4n) is 2.16. The van der Waals surface area contributed by atoms with Crippen molar-refractivity contribution >= 4 is 27.0 Å². The molecule has 0 amide bonds. The lowest BCUT2D eigenvalue weighted by Gasteiger charge is -2.22. The first kappa shape index (κ1) is 12.4. The van der Waals surface area contributed by atoms with Crippen molar-refractivity contribution in [1.82, 2.24) is 15.3 Å². The fraction of sp³-hybridized carbons (Fsp3) is 0.417. The molecule has 0 bridgehead atoms. The zero-order chi connectivity index (χ0) is 12.6. The van der Waals surface area contributed by atoms with Crippen LogP contribution >= 0.6 is 15.9 Å². The molecule has 0 fully saturated rings. The van der Waals surface area contributed by atoms with E-state index in [9.17, 15) is 4.79 Å². The van der Waals surface area contributed by atoms with Gasteiger partial charge in [-0.05, 0) is 30.7 Å². The summed E-state index contributed by atoms with van der Waals surface area (Å²) >= 11 is 3.56. The van der Waals surface area contributed by atoms with Crippen LogP contribution in [0.4, 0.5) is 0 Å². The Morgan fingerprint density at radius 3 is 2.35 bits per heavy atom. The van der Waals surface area contributed by atoms with Gasteiger partial charge in [-0.25, -0.2) is 4.79 Å². The first-order valence-electron chi connectivity index (χ1n) is 5.61. The number of fused-ring (bicyclic) bond motifs is 1. The average molecular weight is 298 g/mol. The summed E-state index contributed by atoms with van der Waals surface area (Å²) in [5.74, 6) is 0.472. The predicted molar refractivity (Wildman–Crippen MR) is 73.3 cm³/mol. The molecule has 17 heavy (non-hydrogen) atoms.